The van der Waals surface area contributed by atoms with Crippen LogP contribution in [0, 0.1) is 0 Å². The third-order valence-electron chi connectivity index (χ3n) is 4.16. The van der Waals surface area contributed by atoms with Gasteiger partial charge in [0.15, 0.2) is 0 Å². The second-order valence-corrected chi connectivity index (χ2v) is 5.57. The molecule has 0 aromatic carbocycles. The van der Waals surface area contributed by atoms with Gasteiger partial charge in [0.05, 0.1) is 6.10 Å². The van der Waals surface area contributed by atoms with E-state index in [9.17, 15) is 4.79 Å². The second-order valence-electron chi connectivity index (χ2n) is 5.57. The number of amides is 1. The molecule has 0 aromatic rings. The summed E-state index contributed by atoms with van der Waals surface area (Å²) < 4.78 is 10.8. The second kappa shape index (κ2) is 7.93. The van der Waals surface area contributed by atoms with Crippen LogP contribution in [0.5, 0.6) is 0 Å². The van der Waals surface area contributed by atoms with Crippen LogP contribution < -0.4 is 5.73 Å². The fraction of sp³-hybridized carbons (Fsp3) is 0.929. The Labute approximate surface area is 121 Å². The summed E-state index contributed by atoms with van der Waals surface area (Å²) in [7, 11) is 1.54. The number of rotatable bonds is 5. The average Bonchev–Trinajstić information content (AvgIpc) is 2.85. The highest BCUT2D eigenvalue weighted by Crippen LogP contribution is 2.15. The molecule has 2 unspecified atom stereocenters. The molecule has 2 fully saturated rings. The maximum atomic E-state index is 12.2. The molecule has 0 aliphatic carbocycles. The molecule has 20 heavy (non-hydrogen) atoms. The van der Waals surface area contributed by atoms with E-state index in [0.29, 0.717) is 6.10 Å². The van der Waals surface area contributed by atoms with Crippen molar-refractivity contribution in [2.24, 2.45) is 5.73 Å². The van der Waals surface area contributed by atoms with Crippen LogP contribution >= 0.6 is 0 Å². The van der Waals surface area contributed by atoms with Crippen molar-refractivity contribution < 1.29 is 14.3 Å². The average molecular weight is 285 g/mol. The quantitative estimate of drug-likeness (QED) is 0.749. The normalized spacial score (nSPS) is 26.5. The summed E-state index contributed by atoms with van der Waals surface area (Å²) in [6.45, 7) is 5.62. The van der Waals surface area contributed by atoms with Gasteiger partial charge in [0, 0.05) is 46.4 Å². The highest BCUT2D eigenvalue weighted by Gasteiger charge is 2.26. The summed E-state index contributed by atoms with van der Waals surface area (Å²) in [6.07, 6.45) is 3.22. The number of methoxy groups -OCH3 is 1. The van der Waals surface area contributed by atoms with Gasteiger partial charge in [-0.15, -0.1) is 0 Å². The van der Waals surface area contributed by atoms with Gasteiger partial charge in [-0.05, 0) is 25.8 Å². The minimum Gasteiger partial charge on any atom is -0.377 e. The first kappa shape index (κ1) is 15.7. The summed E-state index contributed by atoms with van der Waals surface area (Å²) in [4.78, 5) is 16.5. The van der Waals surface area contributed by atoms with Gasteiger partial charge in [0.1, 0.15) is 6.10 Å². The first-order chi connectivity index (χ1) is 9.74. The van der Waals surface area contributed by atoms with Crippen molar-refractivity contribution in [1.29, 1.82) is 0 Å². The Morgan fingerprint density at radius 1 is 1.35 bits per heavy atom. The Hall–Kier alpha value is -0.690. The van der Waals surface area contributed by atoms with Crippen LogP contribution in [-0.2, 0) is 14.3 Å². The van der Waals surface area contributed by atoms with E-state index < -0.39 is 6.10 Å². The van der Waals surface area contributed by atoms with Crippen LogP contribution in [0.1, 0.15) is 19.3 Å². The minimum atomic E-state index is -0.500. The Morgan fingerprint density at radius 2 is 2.20 bits per heavy atom. The highest BCUT2D eigenvalue weighted by molar-refractivity contribution is 5.81. The molecule has 116 valence electrons. The fourth-order valence-corrected chi connectivity index (χ4v) is 2.95. The van der Waals surface area contributed by atoms with Crippen molar-refractivity contribution in [1.82, 2.24) is 9.80 Å². The highest BCUT2D eigenvalue weighted by atomic mass is 16.5. The number of hydrogen-bond donors (Lipinski definition) is 1. The van der Waals surface area contributed by atoms with Crippen LogP contribution in [0.3, 0.4) is 0 Å². The Morgan fingerprint density at radius 3 is 2.85 bits per heavy atom. The molecular weight excluding hydrogens is 258 g/mol. The molecule has 2 atom stereocenters. The van der Waals surface area contributed by atoms with Crippen molar-refractivity contribution in [2.45, 2.75) is 31.5 Å². The predicted octanol–water partition coefficient (Wildman–Crippen LogP) is -0.327. The van der Waals surface area contributed by atoms with E-state index in [1.54, 1.807) is 0 Å². The van der Waals surface area contributed by atoms with Gasteiger partial charge in [-0.1, -0.05) is 0 Å². The summed E-state index contributed by atoms with van der Waals surface area (Å²) in [5.74, 6) is 0.0222. The lowest BCUT2D eigenvalue weighted by atomic mass is 10.2. The monoisotopic (exact) mass is 285 g/mol. The van der Waals surface area contributed by atoms with Gasteiger partial charge < -0.3 is 20.1 Å². The number of ether oxygens (including phenoxy) is 2. The molecule has 2 rings (SSSR count). The molecule has 2 aliphatic rings. The molecule has 0 spiro atoms. The van der Waals surface area contributed by atoms with E-state index in [1.165, 1.54) is 13.5 Å². The minimum absolute atomic E-state index is 0.0222. The third kappa shape index (κ3) is 4.15. The predicted molar refractivity (Wildman–Crippen MR) is 76.5 cm³/mol. The molecule has 0 bridgehead atoms. The van der Waals surface area contributed by atoms with Crippen LogP contribution in [0.2, 0.25) is 0 Å². The van der Waals surface area contributed by atoms with Crippen LogP contribution in [0.15, 0.2) is 0 Å². The van der Waals surface area contributed by atoms with E-state index in [-0.39, 0.29) is 12.5 Å². The zero-order chi connectivity index (χ0) is 14.4. The van der Waals surface area contributed by atoms with Crippen molar-refractivity contribution >= 4 is 5.91 Å². The molecule has 2 heterocycles. The number of nitrogens with zero attached hydrogens (tertiary/aromatic N) is 2. The Kier molecular flexibility index (Phi) is 6.22. The topological polar surface area (TPSA) is 68.0 Å². The third-order valence-corrected chi connectivity index (χ3v) is 4.16. The van der Waals surface area contributed by atoms with Crippen molar-refractivity contribution in [3.8, 4) is 0 Å². The SMILES string of the molecule is COC(CN)C(=O)N1CCCN(CC2CCCO2)CC1. The first-order valence-corrected chi connectivity index (χ1v) is 7.60. The molecule has 2 N–H and O–H groups in total. The lowest BCUT2D eigenvalue weighted by molar-refractivity contribution is -0.141. The van der Waals surface area contributed by atoms with Crippen LogP contribution in [-0.4, -0.2) is 80.9 Å². The lowest BCUT2D eigenvalue weighted by Gasteiger charge is -2.25. The zero-order valence-electron chi connectivity index (χ0n) is 12.4. The lowest BCUT2D eigenvalue weighted by Crippen LogP contribution is -2.45. The molecular formula is C14H27N3O3. The number of hydrogen-bond acceptors (Lipinski definition) is 5. The summed E-state index contributed by atoms with van der Waals surface area (Å²) in [5, 5.41) is 0. The summed E-state index contributed by atoms with van der Waals surface area (Å²) in [6, 6.07) is 0. The molecule has 0 radical (unpaired) electrons. The first-order valence-electron chi connectivity index (χ1n) is 7.60. The maximum Gasteiger partial charge on any atom is 0.253 e. The Balaban J connectivity index is 1.80. The van der Waals surface area contributed by atoms with E-state index in [2.05, 4.69) is 4.90 Å². The molecule has 0 aromatic heterocycles. The van der Waals surface area contributed by atoms with Crippen molar-refractivity contribution in [3.63, 3.8) is 0 Å². The van der Waals surface area contributed by atoms with Gasteiger partial charge in [-0.3, -0.25) is 9.69 Å². The number of carbonyl (C=O) groups excluding carboxylic acids is 1. The van der Waals surface area contributed by atoms with Crippen LogP contribution in [0.4, 0.5) is 0 Å². The van der Waals surface area contributed by atoms with E-state index in [4.69, 9.17) is 15.2 Å². The van der Waals surface area contributed by atoms with Gasteiger partial charge >= 0.3 is 0 Å². The molecule has 6 heteroatoms. The Bertz CT molecular complexity index is 304. The molecule has 6 nitrogen and oxygen atoms in total. The largest absolute Gasteiger partial charge is 0.377 e. The van der Waals surface area contributed by atoms with Crippen molar-refractivity contribution in [2.75, 3.05) is 53.0 Å². The maximum absolute atomic E-state index is 12.2. The molecule has 2 saturated heterocycles. The van der Waals surface area contributed by atoms with Gasteiger partial charge in [0.25, 0.3) is 5.91 Å². The van der Waals surface area contributed by atoms with Crippen molar-refractivity contribution in [3.05, 3.63) is 0 Å². The summed E-state index contributed by atoms with van der Waals surface area (Å²) in [5.41, 5.74) is 5.57. The number of nitrogens with two attached hydrogens (primary N) is 1. The fourth-order valence-electron chi connectivity index (χ4n) is 2.95. The van der Waals surface area contributed by atoms with E-state index in [0.717, 1.165) is 52.2 Å². The van der Waals surface area contributed by atoms with Gasteiger partial charge in [0.2, 0.25) is 0 Å². The van der Waals surface area contributed by atoms with Crippen LogP contribution in [0.25, 0.3) is 0 Å². The standard InChI is InChI=1S/C14H27N3O3/c1-19-13(10-15)14(18)17-6-3-5-16(7-8-17)11-12-4-2-9-20-12/h12-13H,2-11,15H2,1H3. The summed E-state index contributed by atoms with van der Waals surface area (Å²) >= 11 is 0. The number of carbonyl (C=O) groups is 1. The van der Waals surface area contributed by atoms with Gasteiger partial charge in [-0.2, -0.15) is 0 Å². The van der Waals surface area contributed by atoms with E-state index >= 15 is 0 Å². The molecule has 0 saturated carbocycles. The van der Waals surface area contributed by atoms with E-state index in [1.807, 2.05) is 4.90 Å². The molecule has 2 aliphatic heterocycles. The zero-order valence-corrected chi connectivity index (χ0v) is 12.4. The molecule has 1 amide bonds. The van der Waals surface area contributed by atoms with Gasteiger partial charge in [-0.25, -0.2) is 0 Å². The smallest absolute Gasteiger partial charge is 0.253 e.